The lowest BCUT2D eigenvalue weighted by molar-refractivity contribution is 0.0595. The van der Waals surface area contributed by atoms with Crippen molar-refractivity contribution >= 4 is 5.97 Å². The van der Waals surface area contributed by atoms with E-state index in [0.29, 0.717) is 19.0 Å². The molecule has 0 aromatic heterocycles. The summed E-state index contributed by atoms with van der Waals surface area (Å²) in [6, 6.07) is 4.02. The predicted molar refractivity (Wildman–Crippen MR) is 53.0 cm³/mol. The molecule has 1 aromatic rings. The van der Waals surface area contributed by atoms with Crippen LogP contribution >= 0.6 is 0 Å². The zero-order chi connectivity index (χ0) is 11.5. The standard InChI is InChI=1S/C11H11FO4/c1-14-11(13)9-3-2-7(4-10(9)12)15-5-8-6-16-8/h2-4,8H,5-6H2,1H3/t8-/m1/s1. The third-order valence-electron chi connectivity index (χ3n) is 2.18. The van der Waals surface area contributed by atoms with Gasteiger partial charge in [-0.15, -0.1) is 0 Å². The Hall–Kier alpha value is -1.62. The van der Waals surface area contributed by atoms with Crippen molar-refractivity contribution in [2.75, 3.05) is 20.3 Å². The molecule has 0 aliphatic carbocycles. The van der Waals surface area contributed by atoms with Crippen LogP contribution in [0, 0.1) is 5.82 Å². The number of epoxide rings is 1. The normalized spacial score (nSPS) is 18.0. The van der Waals surface area contributed by atoms with Crippen LogP contribution < -0.4 is 4.74 Å². The number of carbonyl (C=O) groups is 1. The number of esters is 1. The van der Waals surface area contributed by atoms with Crippen molar-refractivity contribution in [1.29, 1.82) is 0 Å². The highest BCUT2D eigenvalue weighted by Gasteiger charge is 2.23. The average Bonchev–Trinajstić information content (AvgIpc) is 3.09. The first-order valence-corrected chi connectivity index (χ1v) is 4.83. The molecule has 1 aromatic carbocycles. The first kappa shape index (κ1) is 10.9. The van der Waals surface area contributed by atoms with Crippen LogP contribution in [-0.2, 0) is 9.47 Å². The van der Waals surface area contributed by atoms with Crippen LogP contribution in [0.4, 0.5) is 4.39 Å². The lowest BCUT2D eigenvalue weighted by atomic mass is 10.2. The Kier molecular flexibility index (Phi) is 3.05. The Morgan fingerprint density at radius 3 is 2.94 bits per heavy atom. The highest BCUT2D eigenvalue weighted by Crippen LogP contribution is 2.19. The molecule has 0 unspecified atom stereocenters. The lowest BCUT2D eigenvalue weighted by Crippen LogP contribution is -2.07. The molecule has 0 amide bonds. The van der Waals surface area contributed by atoms with Gasteiger partial charge in [0.05, 0.1) is 19.3 Å². The third kappa shape index (κ3) is 2.49. The first-order valence-electron chi connectivity index (χ1n) is 4.83. The van der Waals surface area contributed by atoms with Crippen LogP contribution in [0.2, 0.25) is 0 Å². The van der Waals surface area contributed by atoms with Crippen molar-refractivity contribution in [1.82, 2.24) is 0 Å². The summed E-state index contributed by atoms with van der Waals surface area (Å²) in [5.74, 6) is -0.976. The quantitative estimate of drug-likeness (QED) is 0.575. The Bertz CT molecular complexity index is 401. The van der Waals surface area contributed by atoms with Gasteiger partial charge in [0.15, 0.2) is 0 Å². The van der Waals surface area contributed by atoms with E-state index in [-0.39, 0.29) is 11.7 Å². The fourth-order valence-corrected chi connectivity index (χ4v) is 1.21. The van der Waals surface area contributed by atoms with Crippen LogP contribution in [0.1, 0.15) is 10.4 Å². The minimum absolute atomic E-state index is 0.0995. The maximum Gasteiger partial charge on any atom is 0.340 e. The number of halogens is 1. The minimum Gasteiger partial charge on any atom is -0.491 e. The van der Waals surface area contributed by atoms with Gasteiger partial charge >= 0.3 is 5.97 Å². The van der Waals surface area contributed by atoms with Crippen molar-refractivity contribution in [3.8, 4) is 5.75 Å². The summed E-state index contributed by atoms with van der Waals surface area (Å²) < 4.78 is 28.0. The number of carbonyl (C=O) groups excluding carboxylic acids is 1. The second-order valence-electron chi connectivity index (χ2n) is 3.40. The molecule has 2 rings (SSSR count). The molecule has 0 bridgehead atoms. The summed E-state index contributed by atoms with van der Waals surface area (Å²) in [7, 11) is 1.20. The van der Waals surface area contributed by atoms with Gasteiger partial charge in [-0.3, -0.25) is 0 Å². The third-order valence-corrected chi connectivity index (χ3v) is 2.18. The fourth-order valence-electron chi connectivity index (χ4n) is 1.21. The average molecular weight is 226 g/mol. The van der Waals surface area contributed by atoms with Gasteiger partial charge in [0.25, 0.3) is 0 Å². The molecule has 0 spiro atoms. The molecule has 4 nitrogen and oxygen atoms in total. The number of benzene rings is 1. The monoisotopic (exact) mass is 226 g/mol. The number of hydrogen-bond acceptors (Lipinski definition) is 4. The van der Waals surface area contributed by atoms with Crippen molar-refractivity contribution in [3.05, 3.63) is 29.6 Å². The second-order valence-corrected chi connectivity index (χ2v) is 3.40. The SMILES string of the molecule is COC(=O)c1ccc(OC[C@@H]2CO2)cc1F. The molecule has 16 heavy (non-hydrogen) atoms. The summed E-state index contributed by atoms with van der Waals surface area (Å²) in [5, 5.41) is 0. The van der Waals surface area contributed by atoms with Gasteiger partial charge in [-0.1, -0.05) is 0 Å². The summed E-state index contributed by atoms with van der Waals surface area (Å²) in [6.45, 7) is 1.08. The fraction of sp³-hybridized carbons (Fsp3) is 0.364. The summed E-state index contributed by atoms with van der Waals surface area (Å²) >= 11 is 0. The van der Waals surface area contributed by atoms with Crippen LogP contribution in [0.5, 0.6) is 5.75 Å². The molecule has 1 aliphatic rings. The van der Waals surface area contributed by atoms with Gasteiger partial charge in [0.2, 0.25) is 0 Å². The summed E-state index contributed by atoms with van der Waals surface area (Å²) in [5.41, 5.74) is -0.0995. The van der Waals surface area contributed by atoms with Gasteiger partial charge in [-0.2, -0.15) is 0 Å². The van der Waals surface area contributed by atoms with Crippen LogP contribution in [0.15, 0.2) is 18.2 Å². The summed E-state index contributed by atoms with van der Waals surface area (Å²) in [6.07, 6.45) is 0.114. The van der Waals surface area contributed by atoms with Gasteiger partial charge in [-0.05, 0) is 12.1 Å². The topological polar surface area (TPSA) is 48.1 Å². The van der Waals surface area contributed by atoms with E-state index in [4.69, 9.17) is 9.47 Å². The van der Waals surface area contributed by atoms with Crippen molar-refractivity contribution in [2.24, 2.45) is 0 Å². The van der Waals surface area contributed by atoms with E-state index in [1.807, 2.05) is 0 Å². The molecule has 0 radical (unpaired) electrons. The Morgan fingerprint density at radius 1 is 1.62 bits per heavy atom. The van der Waals surface area contributed by atoms with Gasteiger partial charge in [-0.25, -0.2) is 9.18 Å². The smallest absolute Gasteiger partial charge is 0.340 e. The lowest BCUT2D eigenvalue weighted by Gasteiger charge is -2.06. The highest BCUT2D eigenvalue weighted by molar-refractivity contribution is 5.89. The molecule has 1 atom stereocenters. The molecule has 86 valence electrons. The van der Waals surface area contributed by atoms with Crippen LogP contribution in [0.3, 0.4) is 0 Å². The zero-order valence-electron chi connectivity index (χ0n) is 8.73. The highest BCUT2D eigenvalue weighted by atomic mass is 19.1. The molecule has 0 N–H and O–H groups in total. The van der Waals surface area contributed by atoms with E-state index in [1.54, 1.807) is 0 Å². The largest absolute Gasteiger partial charge is 0.491 e. The van der Waals surface area contributed by atoms with E-state index < -0.39 is 11.8 Å². The first-order chi connectivity index (χ1) is 7.70. The Labute approximate surface area is 91.9 Å². The summed E-state index contributed by atoms with van der Waals surface area (Å²) in [4.78, 5) is 11.1. The molecule has 1 heterocycles. The van der Waals surface area contributed by atoms with Crippen LogP contribution in [0.25, 0.3) is 0 Å². The molecule has 1 saturated heterocycles. The maximum absolute atomic E-state index is 13.4. The Morgan fingerprint density at radius 2 is 2.38 bits per heavy atom. The van der Waals surface area contributed by atoms with Gasteiger partial charge in [0.1, 0.15) is 24.3 Å². The van der Waals surface area contributed by atoms with E-state index in [9.17, 15) is 9.18 Å². The number of methoxy groups -OCH3 is 1. The molecular weight excluding hydrogens is 215 g/mol. The van der Waals surface area contributed by atoms with Gasteiger partial charge in [0, 0.05) is 6.07 Å². The van der Waals surface area contributed by atoms with E-state index in [1.165, 1.54) is 19.2 Å². The van der Waals surface area contributed by atoms with Crippen molar-refractivity contribution in [2.45, 2.75) is 6.10 Å². The molecule has 0 saturated carbocycles. The Balaban J connectivity index is 2.05. The minimum atomic E-state index is -0.699. The number of rotatable bonds is 4. The van der Waals surface area contributed by atoms with Crippen molar-refractivity contribution in [3.63, 3.8) is 0 Å². The molecule has 1 fully saturated rings. The number of hydrogen-bond donors (Lipinski definition) is 0. The second kappa shape index (κ2) is 4.49. The van der Waals surface area contributed by atoms with E-state index >= 15 is 0 Å². The molecule has 5 heteroatoms. The van der Waals surface area contributed by atoms with Gasteiger partial charge < -0.3 is 14.2 Å². The number of ether oxygens (including phenoxy) is 3. The molecule has 1 aliphatic heterocycles. The maximum atomic E-state index is 13.4. The zero-order valence-corrected chi connectivity index (χ0v) is 8.73. The predicted octanol–water partition coefficient (Wildman–Crippen LogP) is 1.39. The molecular formula is C11H11FO4. The van der Waals surface area contributed by atoms with E-state index in [0.717, 1.165) is 6.07 Å². The van der Waals surface area contributed by atoms with Crippen molar-refractivity contribution < 1.29 is 23.4 Å². The van der Waals surface area contributed by atoms with Crippen LogP contribution in [-0.4, -0.2) is 32.4 Å². The van der Waals surface area contributed by atoms with E-state index in [2.05, 4.69) is 4.74 Å².